The van der Waals surface area contributed by atoms with Crippen molar-refractivity contribution in [3.8, 4) is 0 Å². The van der Waals surface area contributed by atoms with Crippen molar-refractivity contribution >= 4 is 5.97 Å². The number of carboxylic acids is 1. The predicted octanol–water partition coefficient (Wildman–Crippen LogP) is 1.52. The van der Waals surface area contributed by atoms with Gasteiger partial charge in [-0.2, -0.15) is 0 Å². The van der Waals surface area contributed by atoms with Crippen LogP contribution in [0.4, 0.5) is 0 Å². The summed E-state index contributed by atoms with van der Waals surface area (Å²) >= 11 is 0. The molecule has 0 heterocycles. The predicted molar refractivity (Wildman–Crippen MR) is 57.6 cm³/mol. The van der Waals surface area contributed by atoms with Gasteiger partial charge in [-0.3, -0.25) is 0 Å². The Balaban J connectivity index is 1.94. The molecule has 2 N–H and O–H groups in total. The van der Waals surface area contributed by atoms with Crippen LogP contribution < -0.4 is 5.32 Å². The van der Waals surface area contributed by atoms with Crippen LogP contribution >= 0.6 is 0 Å². The van der Waals surface area contributed by atoms with Gasteiger partial charge in [-0.25, -0.2) is 4.79 Å². The Morgan fingerprint density at radius 2 is 2.13 bits per heavy atom. The third-order valence-corrected chi connectivity index (χ3v) is 2.50. The van der Waals surface area contributed by atoms with Crippen molar-refractivity contribution in [1.82, 2.24) is 5.32 Å². The first kappa shape index (κ1) is 12.0. The van der Waals surface area contributed by atoms with E-state index in [9.17, 15) is 4.79 Å². The van der Waals surface area contributed by atoms with Gasteiger partial charge >= 0.3 is 5.97 Å². The van der Waals surface area contributed by atoms with E-state index in [1.54, 1.807) is 0 Å². The Bertz CT molecular complexity index is 210. The average Bonchev–Trinajstić information content (AvgIpc) is 2.24. The fraction of sp³-hybridized carbons (Fsp3) is 0.727. The van der Waals surface area contributed by atoms with Crippen LogP contribution in [0.3, 0.4) is 0 Å². The summed E-state index contributed by atoms with van der Waals surface area (Å²) in [4.78, 5) is 10.1. The lowest BCUT2D eigenvalue weighted by Gasteiger charge is -2.21. The summed E-state index contributed by atoms with van der Waals surface area (Å²) in [5.74, 6) is -0.935. The number of carbonyl (C=O) groups is 1. The number of hydrogen-bond acceptors (Lipinski definition) is 3. The van der Waals surface area contributed by atoms with E-state index < -0.39 is 5.97 Å². The van der Waals surface area contributed by atoms with Crippen molar-refractivity contribution in [2.24, 2.45) is 0 Å². The van der Waals surface area contributed by atoms with Crippen LogP contribution in [0.5, 0.6) is 0 Å². The van der Waals surface area contributed by atoms with E-state index in [4.69, 9.17) is 9.84 Å². The Morgan fingerprint density at radius 3 is 2.80 bits per heavy atom. The summed E-state index contributed by atoms with van der Waals surface area (Å²) in [6.07, 6.45) is 9.17. The van der Waals surface area contributed by atoms with E-state index in [0.717, 1.165) is 6.08 Å². The Hall–Kier alpha value is -1.03. The highest BCUT2D eigenvalue weighted by molar-refractivity contribution is 5.79. The third-order valence-electron chi connectivity index (χ3n) is 2.50. The zero-order chi connectivity index (χ0) is 10.9. The first-order chi connectivity index (χ1) is 7.29. The van der Waals surface area contributed by atoms with Crippen molar-refractivity contribution in [3.05, 3.63) is 12.3 Å². The van der Waals surface area contributed by atoms with Crippen molar-refractivity contribution < 1.29 is 14.6 Å². The average molecular weight is 213 g/mol. The molecule has 0 aromatic heterocycles. The molecule has 1 fully saturated rings. The van der Waals surface area contributed by atoms with E-state index in [1.807, 2.05) is 0 Å². The number of rotatable bonds is 6. The highest BCUT2D eigenvalue weighted by Crippen LogP contribution is 2.19. The minimum atomic E-state index is -0.935. The lowest BCUT2D eigenvalue weighted by Crippen LogP contribution is -2.22. The SMILES string of the molecule is O=C(O)/C=C/NCCOC1CCCCC1. The summed E-state index contributed by atoms with van der Waals surface area (Å²) in [6.45, 7) is 1.31. The maximum atomic E-state index is 10.1. The first-order valence-corrected chi connectivity index (χ1v) is 5.53. The van der Waals surface area contributed by atoms with Crippen molar-refractivity contribution in [2.75, 3.05) is 13.2 Å². The second kappa shape index (κ2) is 7.29. The van der Waals surface area contributed by atoms with E-state index in [0.29, 0.717) is 19.3 Å². The normalized spacial score (nSPS) is 18.1. The number of ether oxygens (including phenoxy) is 1. The maximum absolute atomic E-state index is 10.1. The zero-order valence-corrected chi connectivity index (χ0v) is 8.95. The number of hydrogen-bond donors (Lipinski definition) is 2. The molecule has 1 rings (SSSR count). The quantitative estimate of drug-likeness (QED) is 0.519. The molecule has 0 aliphatic heterocycles. The molecule has 0 amide bonds. The van der Waals surface area contributed by atoms with Gasteiger partial charge in [-0.1, -0.05) is 19.3 Å². The Labute approximate surface area is 90.3 Å². The summed E-state index contributed by atoms with van der Waals surface area (Å²) in [5.41, 5.74) is 0. The molecule has 0 aromatic carbocycles. The lowest BCUT2D eigenvalue weighted by atomic mass is 9.98. The highest BCUT2D eigenvalue weighted by Gasteiger charge is 2.12. The zero-order valence-electron chi connectivity index (χ0n) is 8.95. The summed E-state index contributed by atoms with van der Waals surface area (Å²) in [7, 11) is 0. The van der Waals surface area contributed by atoms with Gasteiger partial charge in [0.1, 0.15) is 0 Å². The topological polar surface area (TPSA) is 58.6 Å². The molecule has 0 aromatic rings. The minimum Gasteiger partial charge on any atom is -0.478 e. The third kappa shape index (κ3) is 6.12. The van der Waals surface area contributed by atoms with E-state index in [1.165, 1.54) is 38.3 Å². The van der Waals surface area contributed by atoms with E-state index >= 15 is 0 Å². The molecule has 4 nitrogen and oxygen atoms in total. The minimum absolute atomic E-state index is 0.420. The van der Waals surface area contributed by atoms with Crippen molar-refractivity contribution in [3.63, 3.8) is 0 Å². The van der Waals surface area contributed by atoms with Gasteiger partial charge in [0.2, 0.25) is 0 Å². The molecule has 0 saturated heterocycles. The van der Waals surface area contributed by atoms with Crippen LogP contribution in [0.25, 0.3) is 0 Å². The molecular weight excluding hydrogens is 194 g/mol. The molecule has 1 aliphatic carbocycles. The second-order valence-electron chi connectivity index (χ2n) is 3.76. The number of aliphatic carboxylic acids is 1. The lowest BCUT2D eigenvalue weighted by molar-refractivity contribution is -0.131. The molecule has 86 valence electrons. The van der Waals surface area contributed by atoms with Crippen LogP contribution in [0.2, 0.25) is 0 Å². The molecule has 0 radical (unpaired) electrons. The maximum Gasteiger partial charge on any atom is 0.329 e. The van der Waals surface area contributed by atoms with E-state index in [-0.39, 0.29) is 0 Å². The highest BCUT2D eigenvalue weighted by atomic mass is 16.5. The largest absolute Gasteiger partial charge is 0.478 e. The molecule has 1 aliphatic rings. The van der Waals surface area contributed by atoms with Gasteiger partial charge in [0.25, 0.3) is 0 Å². The molecule has 0 unspecified atom stereocenters. The van der Waals surface area contributed by atoms with Crippen LogP contribution in [-0.4, -0.2) is 30.3 Å². The Morgan fingerprint density at radius 1 is 1.40 bits per heavy atom. The number of carboxylic acid groups (broad SMARTS) is 1. The van der Waals surface area contributed by atoms with Crippen LogP contribution in [0.15, 0.2) is 12.3 Å². The van der Waals surface area contributed by atoms with Gasteiger partial charge in [-0.05, 0) is 12.8 Å². The van der Waals surface area contributed by atoms with Crippen LogP contribution in [0.1, 0.15) is 32.1 Å². The van der Waals surface area contributed by atoms with Crippen LogP contribution in [-0.2, 0) is 9.53 Å². The molecule has 1 saturated carbocycles. The molecule has 0 spiro atoms. The Kier molecular flexibility index (Phi) is 5.85. The van der Waals surface area contributed by atoms with Gasteiger partial charge in [-0.15, -0.1) is 0 Å². The first-order valence-electron chi connectivity index (χ1n) is 5.53. The smallest absolute Gasteiger partial charge is 0.329 e. The second-order valence-corrected chi connectivity index (χ2v) is 3.76. The molecule has 0 bridgehead atoms. The number of nitrogens with one attached hydrogen (secondary N) is 1. The van der Waals surface area contributed by atoms with Gasteiger partial charge in [0.05, 0.1) is 12.7 Å². The summed E-state index contributed by atoms with van der Waals surface area (Å²) in [5, 5.41) is 11.2. The molecular formula is C11H19NO3. The monoisotopic (exact) mass is 213 g/mol. The molecule has 15 heavy (non-hydrogen) atoms. The van der Waals surface area contributed by atoms with Gasteiger partial charge in [0.15, 0.2) is 0 Å². The fourth-order valence-corrected chi connectivity index (χ4v) is 1.73. The molecule has 0 atom stereocenters. The van der Waals surface area contributed by atoms with Crippen molar-refractivity contribution in [1.29, 1.82) is 0 Å². The summed E-state index contributed by atoms with van der Waals surface area (Å²) < 4.78 is 5.65. The van der Waals surface area contributed by atoms with Crippen molar-refractivity contribution in [2.45, 2.75) is 38.2 Å². The van der Waals surface area contributed by atoms with E-state index in [2.05, 4.69) is 5.32 Å². The van der Waals surface area contributed by atoms with Crippen LogP contribution in [0, 0.1) is 0 Å². The summed E-state index contributed by atoms with van der Waals surface area (Å²) in [6, 6.07) is 0. The standard InChI is InChI=1S/C11H19NO3/c13-11(14)6-7-12-8-9-15-10-4-2-1-3-5-10/h6-7,10,12H,1-5,8-9H2,(H,13,14)/b7-6+. The van der Waals surface area contributed by atoms with Gasteiger partial charge in [0, 0.05) is 18.8 Å². The van der Waals surface area contributed by atoms with Gasteiger partial charge < -0.3 is 15.2 Å². The molecule has 4 heteroatoms. The fourth-order valence-electron chi connectivity index (χ4n) is 1.73.